The van der Waals surface area contributed by atoms with Gasteiger partial charge in [0.1, 0.15) is 5.75 Å². The highest BCUT2D eigenvalue weighted by atomic mass is 16.5. The molecule has 2 nitrogen and oxygen atoms in total. The standard InChI is InChI=1S/C19H25NO/c1-5-21-18-12-10-17(11-13-18)20-14-15-6-8-16(9-7-15)19(2,3)4/h6-13,20H,5,14H2,1-4H3. The van der Waals surface area contributed by atoms with Crippen LogP contribution in [-0.4, -0.2) is 6.61 Å². The van der Waals surface area contributed by atoms with Gasteiger partial charge in [0, 0.05) is 12.2 Å². The summed E-state index contributed by atoms with van der Waals surface area (Å²) >= 11 is 0. The Labute approximate surface area is 128 Å². The molecule has 0 aliphatic carbocycles. The molecule has 0 aromatic heterocycles. The predicted octanol–water partition coefficient (Wildman–Crippen LogP) is 4.99. The lowest BCUT2D eigenvalue weighted by atomic mass is 9.87. The number of ether oxygens (including phenoxy) is 1. The van der Waals surface area contributed by atoms with E-state index in [0.29, 0.717) is 6.61 Å². The topological polar surface area (TPSA) is 21.3 Å². The second-order valence-electron chi connectivity index (χ2n) is 6.26. The summed E-state index contributed by atoms with van der Waals surface area (Å²) in [5, 5.41) is 3.43. The Morgan fingerprint density at radius 1 is 0.905 bits per heavy atom. The Balaban J connectivity index is 1.93. The van der Waals surface area contributed by atoms with Crippen LogP contribution in [0, 0.1) is 0 Å². The van der Waals surface area contributed by atoms with Gasteiger partial charge in [-0.25, -0.2) is 0 Å². The van der Waals surface area contributed by atoms with Crippen LogP contribution < -0.4 is 10.1 Å². The van der Waals surface area contributed by atoms with Crippen molar-refractivity contribution in [1.29, 1.82) is 0 Å². The fourth-order valence-corrected chi connectivity index (χ4v) is 2.16. The molecule has 112 valence electrons. The molecule has 0 heterocycles. The van der Waals surface area contributed by atoms with Crippen LogP contribution in [-0.2, 0) is 12.0 Å². The Morgan fingerprint density at radius 2 is 1.52 bits per heavy atom. The maximum atomic E-state index is 5.44. The van der Waals surface area contributed by atoms with Crippen molar-refractivity contribution in [1.82, 2.24) is 0 Å². The Morgan fingerprint density at radius 3 is 2.05 bits per heavy atom. The Kier molecular flexibility index (Phi) is 4.89. The highest BCUT2D eigenvalue weighted by Gasteiger charge is 2.12. The first kappa shape index (κ1) is 15.4. The van der Waals surface area contributed by atoms with E-state index in [4.69, 9.17) is 4.74 Å². The number of hydrogen-bond donors (Lipinski definition) is 1. The summed E-state index contributed by atoms with van der Waals surface area (Å²) in [4.78, 5) is 0. The molecule has 1 N–H and O–H groups in total. The summed E-state index contributed by atoms with van der Waals surface area (Å²) in [6, 6.07) is 16.9. The first-order chi connectivity index (χ1) is 9.99. The van der Waals surface area contributed by atoms with Crippen LogP contribution in [0.4, 0.5) is 5.69 Å². The molecule has 0 fully saturated rings. The lowest BCUT2D eigenvalue weighted by Crippen LogP contribution is -2.11. The van der Waals surface area contributed by atoms with Crippen molar-refractivity contribution in [2.75, 3.05) is 11.9 Å². The van der Waals surface area contributed by atoms with Gasteiger partial charge < -0.3 is 10.1 Å². The van der Waals surface area contributed by atoms with Crippen LogP contribution in [0.5, 0.6) is 5.75 Å². The minimum Gasteiger partial charge on any atom is -0.494 e. The van der Waals surface area contributed by atoms with E-state index < -0.39 is 0 Å². The van der Waals surface area contributed by atoms with Crippen molar-refractivity contribution < 1.29 is 4.74 Å². The fourth-order valence-electron chi connectivity index (χ4n) is 2.16. The first-order valence-electron chi connectivity index (χ1n) is 7.55. The third-order valence-electron chi connectivity index (χ3n) is 3.48. The minimum absolute atomic E-state index is 0.209. The zero-order valence-corrected chi connectivity index (χ0v) is 13.4. The second kappa shape index (κ2) is 6.66. The van der Waals surface area contributed by atoms with Gasteiger partial charge in [0.05, 0.1) is 6.61 Å². The zero-order chi connectivity index (χ0) is 15.3. The molecular formula is C19H25NO. The third kappa shape index (κ3) is 4.52. The molecule has 2 rings (SSSR count). The van der Waals surface area contributed by atoms with Crippen LogP contribution >= 0.6 is 0 Å². The highest BCUT2D eigenvalue weighted by Crippen LogP contribution is 2.22. The van der Waals surface area contributed by atoms with Crippen molar-refractivity contribution >= 4 is 5.69 Å². The van der Waals surface area contributed by atoms with E-state index in [-0.39, 0.29) is 5.41 Å². The fraction of sp³-hybridized carbons (Fsp3) is 0.368. The molecule has 2 heteroatoms. The van der Waals surface area contributed by atoms with Crippen LogP contribution in [0.1, 0.15) is 38.8 Å². The molecule has 0 radical (unpaired) electrons. The average molecular weight is 283 g/mol. The smallest absolute Gasteiger partial charge is 0.119 e. The molecule has 0 bridgehead atoms. The molecule has 0 aliphatic heterocycles. The van der Waals surface area contributed by atoms with E-state index in [0.717, 1.165) is 18.0 Å². The second-order valence-corrected chi connectivity index (χ2v) is 6.26. The molecule has 0 atom stereocenters. The quantitative estimate of drug-likeness (QED) is 0.834. The third-order valence-corrected chi connectivity index (χ3v) is 3.48. The number of benzene rings is 2. The predicted molar refractivity (Wildman–Crippen MR) is 90.1 cm³/mol. The molecule has 0 saturated heterocycles. The van der Waals surface area contributed by atoms with Crippen molar-refractivity contribution in [3.63, 3.8) is 0 Å². The number of rotatable bonds is 5. The first-order valence-corrected chi connectivity index (χ1v) is 7.55. The van der Waals surface area contributed by atoms with Crippen molar-refractivity contribution in [2.24, 2.45) is 0 Å². The van der Waals surface area contributed by atoms with Gasteiger partial charge in [-0.05, 0) is 47.7 Å². The molecule has 2 aromatic rings. The highest BCUT2D eigenvalue weighted by molar-refractivity contribution is 5.47. The van der Waals surface area contributed by atoms with Gasteiger partial charge in [-0.1, -0.05) is 45.0 Å². The van der Waals surface area contributed by atoms with Crippen molar-refractivity contribution in [2.45, 2.75) is 39.7 Å². The molecule has 0 spiro atoms. The number of nitrogens with one attached hydrogen (secondary N) is 1. The molecule has 2 aromatic carbocycles. The maximum absolute atomic E-state index is 5.44. The van der Waals surface area contributed by atoms with Gasteiger partial charge in [-0.2, -0.15) is 0 Å². The van der Waals surface area contributed by atoms with Gasteiger partial charge in [-0.3, -0.25) is 0 Å². The Bertz CT molecular complexity index is 550. The van der Waals surface area contributed by atoms with Crippen LogP contribution in [0.25, 0.3) is 0 Å². The number of hydrogen-bond acceptors (Lipinski definition) is 2. The summed E-state index contributed by atoms with van der Waals surface area (Å²) in [6.07, 6.45) is 0. The summed E-state index contributed by atoms with van der Waals surface area (Å²) in [7, 11) is 0. The van der Waals surface area contributed by atoms with Gasteiger partial charge in [0.2, 0.25) is 0 Å². The summed E-state index contributed by atoms with van der Waals surface area (Å²) in [5.74, 6) is 0.914. The van der Waals surface area contributed by atoms with Gasteiger partial charge in [-0.15, -0.1) is 0 Å². The summed E-state index contributed by atoms with van der Waals surface area (Å²) in [5.41, 5.74) is 3.98. The molecule has 0 amide bonds. The van der Waals surface area contributed by atoms with Gasteiger partial charge in [0.15, 0.2) is 0 Å². The van der Waals surface area contributed by atoms with E-state index in [9.17, 15) is 0 Å². The summed E-state index contributed by atoms with van der Waals surface area (Å²) in [6.45, 7) is 10.2. The zero-order valence-electron chi connectivity index (χ0n) is 13.4. The van der Waals surface area contributed by atoms with E-state index in [1.807, 2.05) is 19.1 Å². The molecular weight excluding hydrogens is 258 g/mol. The van der Waals surface area contributed by atoms with Gasteiger partial charge in [0.25, 0.3) is 0 Å². The van der Waals surface area contributed by atoms with Gasteiger partial charge >= 0.3 is 0 Å². The SMILES string of the molecule is CCOc1ccc(NCc2ccc(C(C)(C)C)cc2)cc1. The summed E-state index contributed by atoms with van der Waals surface area (Å²) < 4.78 is 5.44. The molecule has 0 aliphatic rings. The molecule has 0 unspecified atom stereocenters. The number of anilines is 1. The van der Waals surface area contributed by atoms with Crippen molar-refractivity contribution in [3.05, 3.63) is 59.7 Å². The lowest BCUT2D eigenvalue weighted by Gasteiger charge is -2.19. The largest absolute Gasteiger partial charge is 0.494 e. The van der Waals surface area contributed by atoms with Crippen molar-refractivity contribution in [3.8, 4) is 5.75 Å². The molecule has 0 saturated carbocycles. The minimum atomic E-state index is 0.209. The molecule has 21 heavy (non-hydrogen) atoms. The van der Waals surface area contributed by atoms with E-state index in [2.05, 4.69) is 62.5 Å². The average Bonchev–Trinajstić information content (AvgIpc) is 2.46. The van der Waals surface area contributed by atoms with E-state index in [1.165, 1.54) is 11.1 Å². The van der Waals surface area contributed by atoms with E-state index in [1.54, 1.807) is 0 Å². The lowest BCUT2D eigenvalue weighted by molar-refractivity contribution is 0.340. The maximum Gasteiger partial charge on any atom is 0.119 e. The van der Waals surface area contributed by atoms with Crippen LogP contribution in [0.2, 0.25) is 0 Å². The Hall–Kier alpha value is -1.96. The normalized spacial score (nSPS) is 11.2. The van der Waals surface area contributed by atoms with Crippen LogP contribution in [0.3, 0.4) is 0 Å². The monoisotopic (exact) mass is 283 g/mol. The van der Waals surface area contributed by atoms with Crippen LogP contribution in [0.15, 0.2) is 48.5 Å². The van der Waals surface area contributed by atoms with E-state index >= 15 is 0 Å².